The number of benzene rings is 4. The number of halogens is 2. The third-order valence-corrected chi connectivity index (χ3v) is 12.0. The van der Waals surface area contributed by atoms with Crippen LogP contribution in [0.4, 0.5) is 17.1 Å². The van der Waals surface area contributed by atoms with E-state index in [1.165, 1.54) is 37.4 Å². The maximum absolute atomic E-state index is 15.4. The fourth-order valence-electron chi connectivity index (χ4n) is 9.14. The molecule has 2 N–H and O–H groups in total. The Bertz CT molecular complexity index is 2320. The number of anilines is 2. The molecule has 4 amide bonds. The molecule has 0 unspecified atom stereocenters. The van der Waals surface area contributed by atoms with Crippen LogP contribution in [-0.2, 0) is 24.6 Å². The van der Waals surface area contributed by atoms with Crippen LogP contribution in [-0.4, -0.2) is 59.0 Å². The molecule has 3 fully saturated rings. The van der Waals surface area contributed by atoms with Gasteiger partial charge in [-0.25, -0.2) is 4.90 Å². The number of nitro groups is 1. The lowest BCUT2D eigenvalue weighted by atomic mass is 9.49. The number of nitro benzene ring substituents is 1. The minimum Gasteiger partial charge on any atom is -0.497 e. The molecule has 15 heteroatoms. The van der Waals surface area contributed by atoms with Crippen molar-refractivity contribution in [3.05, 3.63) is 134 Å². The third-order valence-electron chi connectivity index (χ3n) is 11.5. The van der Waals surface area contributed by atoms with Gasteiger partial charge in [-0.15, -0.1) is 0 Å². The average Bonchev–Trinajstić information content (AvgIpc) is 3.58. The maximum atomic E-state index is 15.4. The number of hydrogen-bond donors (Lipinski definition) is 2. The molecule has 4 aromatic carbocycles. The molecule has 4 aromatic rings. The highest BCUT2D eigenvalue weighted by molar-refractivity contribution is 6.36. The number of nitrogens with zero attached hydrogens (tertiary/aromatic N) is 3. The van der Waals surface area contributed by atoms with Gasteiger partial charge >= 0.3 is 0 Å². The molecule has 0 spiro atoms. The van der Waals surface area contributed by atoms with Crippen LogP contribution >= 0.6 is 23.2 Å². The number of aliphatic hydroxyl groups is 1. The monoisotopic (exact) mass is 796 g/mol. The minimum absolute atomic E-state index is 0.0339. The average molecular weight is 798 g/mol. The van der Waals surface area contributed by atoms with E-state index in [0.29, 0.717) is 27.6 Å². The van der Waals surface area contributed by atoms with E-state index in [1.807, 2.05) is 6.08 Å². The number of non-ortho nitro benzene ring substituents is 1. The van der Waals surface area contributed by atoms with Crippen LogP contribution in [0.15, 0.2) is 103 Å². The van der Waals surface area contributed by atoms with Gasteiger partial charge < -0.3 is 14.6 Å². The lowest BCUT2D eigenvalue weighted by Crippen LogP contribution is -2.53. The van der Waals surface area contributed by atoms with Crippen LogP contribution < -0.4 is 19.8 Å². The smallest absolute Gasteiger partial charge is 0.271 e. The van der Waals surface area contributed by atoms with Crippen molar-refractivity contribution in [3.8, 4) is 11.5 Å². The van der Waals surface area contributed by atoms with Crippen molar-refractivity contribution < 1.29 is 38.7 Å². The van der Waals surface area contributed by atoms with E-state index in [2.05, 4.69) is 5.43 Å². The number of ether oxygens (including phenoxy) is 2. The Morgan fingerprint density at radius 1 is 0.911 bits per heavy atom. The summed E-state index contributed by atoms with van der Waals surface area (Å²) in [5.41, 5.74) is 3.40. The number of methoxy groups -OCH3 is 1. The van der Waals surface area contributed by atoms with Gasteiger partial charge in [-0.05, 0) is 78.4 Å². The number of imide groups is 2. The first-order valence-corrected chi connectivity index (χ1v) is 18.7. The first-order chi connectivity index (χ1) is 27.0. The maximum Gasteiger partial charge on any atom is 0.271 e. The Morgan fingerprint density at radius 3 is 2.32 bits per heavy atom. The van der Waals surface area contributed by atoms with Gasteiger partial charge in [0.15, 0.2) is 0 Å². The summed E-state index contributed by atoms with van der Waals surface area (Å²) in [6.07, 6.45) is 2.11. The lowest BCUT2D eigenvalue weighted by Gasteiger charge is -2.50. The zero-order valence-electron chi connectivity index (χ0n) is 29.8. The van der Waals surface area contributed by atoms with Crippen LogP contribution in [0.1, 0.15) is 29.9 Å². The number of carbonyl (C=O) groups is 4. The zero-order chi connectivity index (χ0) is 39.5. The molecule has 56 heavy (non-hydrogen) atoms. The SMILES string of the molecule is COc1ccc([C@@]23C(=O)N(Nc4ccc(Cl)cc4Cl)C(=O)[C@@H]2C[C@@H]2C(=CC[C@@H]4C(=O)N(c5cccc([N+](=O)[O-])c5)C(=O)[C@@H]42)[C@@H]3c2ccc(OCCO)cc2)cc1. The number of nitrogens with one attached hydrogen (secondary N) is 1. The van der Waals surface area contributed by atoms with Crippen LogP contribution in [0.2, 0.25) is 10.0 Å². The molecule has 0 bridgehead atoms. The largest absolute Gasteiger partial charge is 0.497 e. The van der Waals surface area contributed by atoms with E-state index >= 15 is 4.79 Å². The van der Waals surface area contributed by atoms with E-state index in [-0.39, 0.29) is 48.1 Å². The second-order valence-electron chi connectivity index (χ2n) is 14.1. The van der Waals surface area contributed by atoms with Gasteiger partial charge in [0.25, 0.3) is 17.5 Å². The Kier molecular flexibility index (Phi) is 9.55. The van der Waals surface area contributed by atoms with Crippen LogP contribution in [0.3, 0.4) is 0 Å². The van der Waals surface area contributed by atoms with Crippen molar-refractivity contribution in [2.45, 2.75) is 24.2 Å². The second kappa shape index (κ2) is 14.4. The Hall–Kier alpha value is -5.76. The van der Waals surface area contributed by atoms with Gasteiger partial charge in [-0.3, -0.25) is 34.7 Å². The number of amides is 4. The van der Waals surface area contributed by atoms with Crippen molar-refractivity contribution in [1.82, 2.24) is 5.01 Å². The van der Waals surface area contributed by atoms with E-state index in [4.69, 9.17) is 32.7 Å². The summed E-state index contributed by atoms with van der Waals surface area (Å²) < 4.78 is 11.1. The number of rotatable bonds is 10. The fourth-order valence-corrected chi connectivity index (χ4v) is 9.59. The Morgan fingerprint density at radius 2 is 1.64 bits per heavy atom. The predicted octanol–water partition coefficient (Wildman–Crippen LogP) is 6.47. The number of allylic oxidation sites excluding steroid dienone is 2. The quantitative estimate of drug-likeness (QED) is 0.0786. The van der Waals surface area contributed by atoms with Crippen molar-refractivity contribution in [2.24, 2.45) is 23.7 Å². The molecule has 2 heterocycles. The molecule has 1 saturated carbocycles. The summed E-state index contributed by atoms with van der Waals surface area (Å²) in [6, 6.07) is 24.0. The number of carbonyl (C=O) groups excluding carboxylic acids is 4. The molecule has 286 valence electrons. The van der Waals surface area contributed by atoms with Crippen molar-refractivity contribution >= 4 is 63.9 Å². The topological polar surface area (TPSA) is 169 Å². The van der Waals surface area contributed by atoms with E-state index in [0.717, 1.165) is 15.5 Å². The van der Waals surface area contributed by atoms with Crippen LogP contribution in [0, 0.1) is 33.8 Å². The molecule has 8 rings (SSSR count). The second-order valence-corrected chi connectivity index (χ2v) is 15.0. The van der Waals surface area contributed by atoms with Crippen molar-refractivity contribution in [3.63, 3.8) is 0 Å². The van der Waals surface area contributed by atoms with Crippen molar-refractivity contribution in [2.75, 3.05) is 30.6 Å². The molecule has 4 aliphatic rings. The lowest BCUT2D eigenvalue weighted by molar-refractivity contribution is -0.384. The molecule has 2 saturated heterocycles. The highest BCUT2D eigenvalue weighted by atomic mass is 35.5. The standard InChI is InChI=1S/C41H34Cl2N4O9/c1-55-27-12-7-23(8-13-27)41-32(38(50)46(40(41)52)44-34-16-9-24(42)19-33(34)43)21-31-29(36(41)22-5-10-28(11-6-22)56-18-17-48)14-15-30-35(31)39(51)45(37(30)49)25-3-2-4-26(20-25)47(53)54/h2-14,16,19-20,30-32,35-36,44,48H,15,17-18,21H2,1H3/t30-,31+,32-,35-,36-,41+/m0/s1. The van der Waals surface area contributed by atoms with E-state index in [1.54, 1.807) is 60.7 Å². The fraction of sp³-hybridized carbons (Fsp3) is 0.268. The normalized spacial score (nSPS) is 25.4. The molecule has 2 aliphatic heterocycles. The molecule has 2 aliphatic carbocycles. The summed E-state index contributed by atoms with van der Waals surface area (Å²) >= 11 is 12.7. The summed E-state index contributed by atoms with van der Waals surface area (Å²) in [5.74, 6) is -5.38. The van der Waals surface area contributed by atoms with Gasteiger partial charge in [0, 0.05) is 23.1 Å². The van der Waals surface area contributed by atoms with Crippen LogP contribution in [0.25, 0.3) is 0 Å². The molecule has 6 atom stereocenters. The first kappa shape index (κ1) is 37.2. The van der Waals surface area contributed by atoms with Crippen molar-refractivity contribution in [1.29, 1.82) is 0 Å². The molecular formula is C41H34Cl2N4O9. The van der Waals surface area contributed by atoms with Crippen LogP contribution in [0.5, 0.6) is 11.5 Å². The Balaban J connectivity index is 1.30. The molecule has 0 radical (unpaired) electrons. The summed E-state index contributed by atoms with van der Waals surface area (Å²) in [6.45, 7) is -0.129. The van der Waals surface area contributed by atoms with Gasteiger partial charge in [-0.1, -0.05) is 65.2 Å². The zero-order valence-corrected chi connectivity index (χ0v) is 31.3. The first-order valence-electron chi connectivity index (χ1n) is 17.9. The van der Waals surface area contributed by atoms with Gasteiger partial charge in [0.05, 0.1) is 58.2 Å². The van der Waals surface area contributed by atoms with Gasteiger partial charge in [0.2, 0.25) is 11.8 Å². The molecule has 13 nitrogen and oxygen atoms in total. The number of hydrogen-bond acceptors (Lipinski definition) is 10. The highest BCUT2D eigenvalue weighted by Gasteiger charge is 2.70. The minimum atomic E-state index is -1.57. The Labute approximate surface area is 330 Å². The van der Waals surface area contributed by atoms with Gasteiger partial charge in [-0.2, -0.15) is 5.01 Å². The predicted molar refractivity (Wildman–Crippen MR) is 205 cm³/mol. The highest BCUT2D eigenvalue weighted by Crippen LogP contribution is 2.64. The summed E-state index contributed by atoms with van der Waals surface area (Å²) in [7, 11) is 1.52. The third kappa shape index (κ3) is 5.80. The number of hydrazine groups is 1. The van der Waals surface area contributed by atoms with E-state index < -0.39 is 63.6 Å². The van der Waals surface area contributed by atoms with Gasteiger partial charge in [0.1, 0.15) is 18.1 Å². The van der Waals surface area contributed by atoms with E-state index in [9.17, 15) is 29.6 Å². The molecule has 0 aromatic heterocycles. The summed E-state index contributed by atoms with van der Waals surface area (Å²) in [5, 5.41) is 22.5. The molecular weight excluding hydrogens is 763 g/mol. The summed E-state index contributed by atoms with van der Waals surface area (Å²) in [4.78, 5) is 71.1. The number of fused-ring (bicyclic) bond motifs is 4. The number of aliphatic hydroxyl groups excluding tert-OH is 1.